The van der Waals surface area contributed by atoms with Crippen LogP contribution in [-0.4, -0.2) is 28.0 Å². The van der Waals surface area contributed by atoms with Crippen LogP contribution in [0.3, 0.4) is 0 Å². The summed E-state index contributed by atoms with van der Waals surface area (Å²) in [7, 11) is 1.65. The van der Waals surface area contributed by atoms with Crippen LogP contribution >= 0.6 is 0 Å². The van der Waals surface area contributed by atoms with Crippen LogP contribution in [0.5, 0.6) is 5.75 Å². The molecular formula is C17H17N5O2. The molecule has 0 aliphatic heterocycles. The monoisotopic (exact) mass is 323 g/mol. The molecule has 0 saturated carbocycles. The highest BCUT2D eigenvalue weighted by Gasteiger charge is 2.08. The van der Waals surface area contributed by atoms with E-state index in [1.165, 1.54) is 0 Å². The molecule has 3 aromatic rings. The van der Waals surface area contributed by atoms with Gasteiger partial charge in [0.05, 0.1) is 12.8 Å². The van der Waals surface area contributed by atoms with E-state index in [0.29, 0.717) is 5.69 Å². The fourth-order valence-corrected chi connectivity index (χ4v) is 2.41. The number of rotatable bonds is 4. The third kappa shape index (κ3) is 2.96. The van der Waals surface area contributed by atoms with Crippen molar-refractivity contribution in [1.82, 2.24) is 15.2 Å². The number of aryl methyl sites for hydroxylation is 1. The van der Waals surface area contributed by atoms with Crippen LogP contribution in [0.2, 0.25) is 0 Å². The molecule has 24 heavy (non-hydrogen) atoms. The zero-order valence-electron chi connectivity index (χ0n) is 13.6. The number of fused-ring (bicyclic) bond motifs is 1. The van der Waals surface area contributed by atoms with Gasteiger partial charge >= 0.3 is 0 Å². The Morgan fingerprint density at radius 2 is 1.92 bits per heavy atom. The van der Waals surface area contributed by atoms with Crippen LogP contribution in [0.1, 0.15) is 18.2 Å². The Labute approximate surface area is 138 Å². The number of hydrogen-bond donors (Lipinski definition) is 2. The highest BCUT2D eigenvalue weighted by Crippen LogP contribution is 2.28. The number of nitrogens with zero attached hydrogens (tertiary/aromatic N) is 3. The maximum Gasteiger partial charge on any atom is 0.274 e. The molecule has 0 saturated heterocycles. The van der Waals surface area contributed by atoms with E-state index >= 15 is 0 Å². The van der Waals surface area contributed by atoms with E-state index in [9.17, 15) is 4.79 Å². The molecule has 0 unspecified atom stereocenters. The summed E-state index contributed by atoms with van der Waals surface area (Å²) in [5.41, 5.74) is 4.45. The quantitative estimate of drug-likeness (QED) is 0.568. The van der Waals surface area contributed by atoms with Crippen molar-refractivity contribution in [2.24, 2.45) is 5.10 Å². The molecule has 122 valence electrons. The molecule has 0 atom stereocenters. The standard InChI is InChI=1S/C17H17N5O2/c1-10(19-21-17-18-16(23)11(2)20-22-17)12-8-9-15(24-3)14-7-5-4-6-13(12)14/h4-9H,1-3H3,(H2,18,21,22,23)/b19-10-. The third-order valence-electron chi connectivity index (χ3n) is 3.68. The van der Waals surface area contributed by atoms with Crippen molar-refractivity contribution in [3.8, 4) is 5.75 Å². The molecule has 7 nitrogen and oxygen atoms in total. The minimum atomic E-state index is -0.296. The van der Waals surface area contributed by atoms with Crippen LogP contribution in [0.15, 0.2) is 46.3 Å². The lowest BCUT2D eigenvalue weighted by Gasteiger charge is -2.10. The van der Waals surface area contributed by atoms with Gasteiger partial charge in [0.1, 0.15) is 11.4 Å². The van der Waals surface area contributed by atoms with E-state index in [2.05, 4.69) is 25.7 Å². The predicted octanol–water partition coefficient (Wildman–Crippen LogP) is 2.47. The van der Waals surface area contributed by atoms with Crippen LogP contribution in [0, 0.1) is 6.92 Å². The summed E-state index contributed by atoms with van der Waals surface area (Å²) in [6.45, 7) is 3.47. The minimum Gasteiger partial charge on any atom is -0.496 e. The van der Waals surface area contributed by atoms with E-state index in [1.807, 2.05) is 43.3 Å². The molecule has 0 radical (unpaired) electrons. The number of hydrazone groups is 1. The van der Waals surface area contributed by atoms with Crippen molar-refractivity contribution >= 4 is 22.4 Å². The normalized spacial score (nSPS) is 11.5. The molecule has 3 rings (SSSR count). The van der Waals surface area contributed by atoms with Gasteiger partial charge in [-0.1, -0.05) is 24.3 Å². The molecular weight excluding hydrogens is 306 g/mol. The number of H-pyrrole nitrogens is 1. The first-order valence-electron chi connectivity index (χ1n) is 7.40. The molecule has 2 aromatic carbocycles. The van der Waals surface area contributed by atoms with E-state index in [-0.39, 0.29) is 11.5 Å². The average Bonchev–Trinajstić information content (AvgIpc) is 2.61. The summed E-state index contributed by atoms with van der Waals surface area (Å²) in [6.07, 6.45) is 0. The highest BCUT2D eigenvalue weighted by atomic mass is 16.5. The van der Waals surface area contributed by atoms with Crippen molar-refractivity contribution in [2.45, 2.75) is 13.8 Å². The molecule has 0 amide bonds. The molecule has 0 fully saturated rings. The number of benzene rings is 2. The molecule has 7 heteroatoms. The molecule has 0 aliphatic rings. The molecule has 1 heterocycles. The largest absolute Gasteiger partial charge is 0.496 e. The van der Waals surface area contributed by atoms with Crippen molar-refractivity contribution in [3.63, 3.8) is 0 Å². The van der Waals surface area contributed by atoms with Crippen molar-refractivity contribution in [2.75, 3.05) is 12.5 Å². The minimum absolute atomic E-state index is 0.197. The zero-order valence-corrected chi connectivity index (χ0v) is 13.6. The molecule has 2 N–H and O–H groups in total. The van der Waals surface area contributed by atoms with Crippen LogP contribution in [-0.2, 0) is 0 Å². The van der Waals surface area contributed by atoms with Crippen molar-refractivity contribution < 1.29 is 4.74 Å². The fraction of sp³-hybridized carbons (Fsp3) is 0.176. The molecule has 0 spiro atoms. The molecule has 1 aromatic heterocycles. The predicted molar refractivity (Wildman–Crippen MR) is 93.7 cm³/mol. The first-order valence-corrected chi connectivity index (χ1v) is 7.40. The van der Waals surface area contributed by atoms with Crippen molar-refractivity contribution in [1.29, 1.82) is 0 Å². The maximum absolute atomic E-state index is 11.5. The Kier molecular flexibility index (Phi) is 4.24. The topological polar surface area (TPSA) is 92.3 Å². The number of hydrogen-bond acceptors (Lipinski definition) is 6. The number of methoxy groups -OCH3 is 1. The Morgan fingerprint density at radius 3 is 2.62 bits per heavy atom. The number of ether oxygens (including phenoxy) is 1. The lowest BCUT2D eigenvalue weighted by Crippen LogP contribution is -2.16. The zero-order chi connectivity index (χ0) is 17.1. The van der Waals surface area contributed by atoms with Crippen molar-refractivity contribution in [3.05, 3.63) is 58.0 Å². The summed E-state index contributed by atoms with van der Waals surface area (Å²) in [4.78, 5) is 14.1. The second kappa shape index (κ2) is 6.49. The van der Waals surface area contributed by atoms with E-state index in [4.69, 9.17) is 4.74 Å². The number of aromatic nitrogens is 3. The van der Waals surface area contributed by atoms with E-state index in [0.717, 1.165) is 27.8 Å². The SMILES string of the molecule is COc1ccc(/C(C)=N\Nc2nnc(C)c(=O)[nH]2)c2ccccc12. The number of nitrogens with one attached hydrogen (secondary N) is 2. The number of aromatic amines is 1. The smallest absolute Gasteiger partial charge is 0.274 e. The summed E-state index contributed by atoms with van der Waals surface area (Å²) < 4.78 is 5.40. The summed E-state index contributed by atoms with van der Waals surface area (Å²) in [6, 6.07) is 11.8. The summed E-state index contributed by atoms with van der Waals surface area (Å²) in [5.74, 6) is 1.01. The molecule has 0 aliphatic carbocycles. The Bertz CT molecular complexity index is 978. The van der Waals surface area contributed by atoms with Gasteiger partial charge in [-0.2, -0.15) is 5.10 Å². The van der Waals surface area contributed by atoms with Gasteiger partial charge in [0, 0.05) is 10.9 Å². The van der Waals surface area contributed by atoms with Crippen LogP contribution in [0.4, 0.5) is 5.95 Å². The van der Waals surface area contributed by atoms with Gasteiger partial charge in [-0.05, 0) is 31.4 Å². The second-order valence-corrected chi connectivity index (χ2v) is 5.26. The van der Waals surface area contributed by atoms with Gasteiger partial charge < -0.3 is 4.74 Å². The Morgan fingerprint density at radius 1 is 1.17 bits per heavy atom. The summed E-state index contributed by atoms with van der Waals surface area (Å²) in [5, 5.41) is 13.9. The van der Waals surface area contributed by atoms with Gasteiger partial charge in [0.2, 0.25) is 5.95 Å². The average molecular weight is 323 g/mol. The van der Waals surface area contributed by atoms with Crippen LogP contribution < -0.4 is 15.7 Å². The van der Waals surface area contributed by atoms with E-state index < -0.39 is 0 Å². The molecule has 0 bridgehead atoms. The lowest BCUT2D eigenvalue weighted by molar-refractivity contribution is 0.420. The lowest BCUT2D eigenvalue weighted by atomic mass is 10.0. The van der Waals surface area contributed by atoms with E-state index in [1.54, 1.807) is 14.0 Å². The highest BCUT2D eigenvalue weighted by molar-refractivity contribution is 6.11. The maximum atomic E-state index is 11.5. The van der Waals surface area contributed by atoms with Gasteiger partial charge in [0.15, 0.2) is 0 Å². The first-order chi connectivity index (χ1) is 11.6. The summed E-state index contributed by atoms with van der Waals surface area (Å²) >= 11 is 0. The Hall–Kier alpha value is -3.22. The van der Waals surface area contributed by atoms with Gasteiger partial charge in [-0.25, -0.2) is 5.43 Å². The Balaban J connectivity index is 1.97. The first kappa shape index (κ1) is 15.7. The van der Waals surface area contributed by atoms with Crippen LogP contribution in [0.25, 0.3) is 10.8 Å². The van der Waals surface area contributed by atoms with Gasteiger partial charge in [-0.15, -0.1) is 10.2 Å². The third-order valence-corrected chi connectivity index (χ3v) is 3.68. The second-order valence-electron chi connectivity index (χ2n) is 5.26. The fourth-order valence-electron chi connectivity index (χ4n) is 2.41. The van der Waals surface area contributed by atoms with Gasteiger partial charge in [-0.3, -0.25) is 9.78 Å². The van der Waals surface area contributed by atoms with Gasteiger partial charge in [0.25, 0.3) is 5.56 Å². The number of anilines is 1.